The fourth-order valence-corrected chi connectivity index (χ4v) is 2.94. The van der Waals surface area contributed by atoms with E-state index >= 15 is 0 Å². The number of hydrogen-bond acceptors (Lipinski definition) is 5. The van der Waals surface area contributed by atoms with Gasteiger partial charge in [0, 0.05) is 17.8 Å². The normalized spacial score (nSPS) is 15.8. The summed E-state index contributed by atoms with van der Waals surface area (Å²) in [5.74, 6) is -0.765. The van der Waals surface area contributed by atoms with Crippen molar-refractivity contribution < 1.29 is 14.3 Å². The topological polar surface area (TPSA) is 87.2 Å². The first-order valence-corrected chi connectivity index (χ1v) is 7.85. The van der Waals surface area contributed by atoms with Crippen molar-refractivity contribution in [3.63, 3.8) is 0 Å². The third-order valence-electron chi connectivity index (χ3n) is 4.19. The van der Waals surface area contributed by atoms with Crippen molar-refractivity contribution in [3.05, 3.63) is 48.3 Å². The van der Waals surface area contributed by atoms with Gasteiger partial charge in [-0.2, -0.15) is 5.10 Å². The molecule has 6 nitrogen and oxygen atoms in total. The second-order valence-corrected chi connectivity index (χ2v) is 6.19. The molecule has 0 radical (unpaired) electrons. The number of nitrogens with zero attached hydrogens (tertiary/aromatic N) is 2. The molecule has 2 N–H and O–H groups in total. The molecule has 3 rings (SSSR count). The van der Waals surface area contributed by atoms with E-state index in [1.165, 1.54) is 17.9 Å². The standard InChI is InChI=1S/C17H17N3O3S/c1-23-16(22)17(6-7-17)13-4-2-11(3-5-13)12-9-19-20(10-12)15(24)8-14(18)21/h2-5,8-10,24H,6-7H2,1H3,(H2,18,21)/b15-8-. The van der Waals surface area contributed by atoms with Crippen LogP contribution >= 0.6 is 12.6 Å². The van der Waals surface area contributed by atoms with Gasteiger partial charge in [-0.05, 0) is 24.0 Å². The van der Waals surface area contributed by atoms with E-state index in [4.69, 9.17) is 10.5 Å². The van der Waals surface area contributed by atoms with E-state index < -0.39 is 11.3 Å². The number of ether oxygens (including phenoxy) is 1. The number of nitrogens with two attached hydrogens (primary N) is 1. The summed E-state index contributed by atoms with van der Waals surface area (Å²) in [6, 6.07) is 7.76. The first-order valence-electron chi connectivity index (χ1n) is 7.41. The number of thiol groups is 1. The van der Waals surface area contributed by atoms with Gasteiger partial charge in [0.1, 0.15) is 0 Å². The van der Waals surface area contributed by atoms with Crippen molar-refractivity contribution in [2.75, 3.05) is 7.11 Å². The lowest BCUT2D eigenvalue weighted by molar-refractivity contribution is -0.143. The van der Waals surface area contributed by atoms with Crippen LogP contribution in [0.1, 0.15) is 18.4 Å². The highest BCUT2D eigenvalue weighted by molar-refractivity contribution is 7.90. The lowest BCUT2D eigenvalue weighted by Gasteiger charge is -2.13. The van der Waals surface area contributed by atoms with E-state index in [1.54, 1.807) is 12.4 Å². The van der Waals surface area contributed by atoms with Crippen LogP contribution in [0.25, 0.3) is 16.2 Å². The highest BCUT2D eigenvalue weighted by atomic mass is 32.1. The largest absolute Gasteiger partial charge is 0.468 e. The lowest BCUT2D eigenvalue weighted by Crippen LogP contribution is -2.21. The zero-order valence-electron chi connectivity index (χ0n) is 13.1. The smallest absolute Gasteiger partial charge is 0.316 e. The molecule has 1 aliphatic rings. The molecule has 1 heterocycles. The van der Waals surface area contributed by atoms with Crippen LogP contribution < -0.4 is 5.73 Å². The number of amides is 1. The van der Waals surface area contributed by atoms with Gasteiger partial charge in [0.15, 0.2) is 0 Å². The molecule has 1 saturated carbocycles. The van der Waals surface area contributed by atoms with Gasteiger partial charge in [-0.1, -0.05) is 24.3 Å². The van der Waals surface area contributed by atoms with Gasteiger partial charge in [0.2, 0.25) is 5.91 Å². The minimum absolute atomic E-state index is 0.181. The van der Waals surface area contributed by atoms with Gasteiger partial charge in [-0.15, -0.1) is 12.6 Å². The fourth-order valence-electron chi connectivity index (χ4n) is 2.70. The molecule has 1 amide bonds. The average Bonchev–Trinajstić information content (AvgIpc) is 3.23. The monoisotopic (exact) mass is 343 g/mol. The van der Waals surface area contributed by atoms with Gasteiger partial charge in [0.25, 0.3) is 0 Å². The van der Waals surface area contributed by atoms with Gasteiger partial charge in [0.05, 0.1) is 23.8 Å². The van der Waals surface area contributed by atoms with E-state index in [2.05, 4.69) is 17.7 Å². The molecule has 124 valence electrons. The molecular formula is C17H17N3O3S. The first-order chi connectivity index (χ1) is 11.5. The summed E-state index contributed by atoms with van der Waals surface area (Å²) < 4.78 is 6.37. The maximum absolute atomic E-state index is 11.9. The van der Waals surface area contributed by atoms with Gasteiger partial charge < -0.3 is 10.5 Å². The number of aromatic nitrogens is 2. The molecule has 1 fully saturated rings. The minimum atomic E-state index is -0.584. The SMILES string of the molecule is COC(=O)C1(c2ccc(-c3cnn(/C(S)=C/C(N)=O)c3)cc2)CC1. The third kappa shape index (κ3) is 2.94. The van der Waals surface area contributed by atoms with Crippen molar-refractivity contribution in [2.45, 2.75) is 18.3 Å². The van der Waals surface area contributed by atoms with Crippen LogP contribution in [-0.2, 0) is 19.7 Å². The Morgan fingerprint density at radius 2 is 1.96 bits per heavy atom. The molecule has 7 heteroatoms. The summed E-state index contributed by atoms with van der Waals surface area (Å²) in [5, 5.41) is 4.50. The lowest BCUT2D eigenvalue weighted by atomic mass is 9.94. The maximum atomic E-state index is 11.9. The predicted octanol–water partition coefficient (Wildman–Crippen LogP) is 1.97. The van der Waals surface area contributed by atoms with E-state index in [9.17, 15) is 9.59 Å². The number of benzene rings is 1. The molecule has 2 aromatic rings. The van der Waals surface area contributed by atoms with Crippen LogP contribution in [0, 0.1) is 0 Å². The van der Waals surface area contributed by atoms with E-state index in [0.717, 1.165) is 29.5 Å². The molecule has 0 saturated heterocycles. The predicted molar refractivity (Wildman–Crippen MR) is 93.0 cm³/mol. The molecule has 0 bridgehead atoms. The number of carbonyl (C=O) groups excluding carboxylic acids is 2. The zero-order chi connectivity index (χ0) is 17.3. The number of methoxy groups -OCH3 is 1. The molecule has 0 aliphatic heterocycles. The average molecular weight is 343 g/mol. The van der Waals surface area contributed by atoms with Gasteiger partial charge >= 0.3 is 5.97 Å². The molecule has 24 heavy (non-hydrogen) atoms. The Hall–Kier alpha value is -2.54. The zero-order valence-corrected chi connectivity index (χ0v) is 14.0. The van der Waals surface area contributed by atoms with Crippen molar-refractivity contribution in [1.82, 2.24) is 9.78 Å². The highest BCUT2D eigenvalue weighted by Crippen LogP contribution is 2.49. The molecule has 1 aromatic carbocycles. The Balaban J connectivity index is 1.84. The number of rotatable bonds is 5. The van der Waals surface area contributed by atoms with Crippen LogP contribution in [0.2, 0.25) is 0 Å². The number of primary amides is 1. The number of esters is 1. The molecule has 0 unspecified atom stereocenters. The Bertz CT molecular complexity index is 820. The van der Waals surface area contributed by atoms with E-state index in [0.29, 0.717) is 5.03 Å². The van der Waals surface area contributed by atoms with Crippen LogP contribution in [0.4, 0.5) is 0 Å². The number of hydrogen-bond donors (Lipinski definition) is 2. The molecule has 1 aromatic heterocycles. The minimum Gasteiger partial charge on any atom is -0.468 e. The summed E-state index contributed by atoms with van der Waals surface area (Å²) in [5.41, 5.74) is 7.42. The summed E-state index contributed by atoms with van der Waals surface area (Å²) in [4.78, 5) is 22.8. The Morgan fingerprint density at radius 1 is 1.29 bits per heavy atom. The molecular weight excluding hydrogens is 326 g/mol. The second-order valence-electron chi connectivity index (χ2n) is 5.73. The van der Waals surface area contributed by atoms with Gasteiger partial charge in [-0.25, -0.2) is 4.68 Å². The van der Waals surface area contributed by atoms with Crippen molar-refractivity contribution in [2.24, 2.45) is 5.73 Å². The van der Waals surface area contributed by atoms with Crippen LogP contribution in [0.15, 0.2) is 42.7 Å². The molecule has 0 atom stereocenters. The van der Waals surface area contributed by atoms with Crippen molar-refractivity contribution in [1.29, 1.82) is 0 Å². The quantitative estimate of drug-likeness (QED) is 0.494. The van der Waals surface area contributed by atoms with Crippen LogP contribution in [0.3, 0.4) is 0 Å². The summed E-state index contributed by atoms with van der Waals surface area (Å²) in [6.45, 7) is 0. The summed E-state index contributed by atoms with van der Waals surface area (Å²) in [7, 11) is 1.42. The second kappa shape index (κ2) is 6.16. The van der Waals surface area contributed by atoms with Crippen LogP contribution in [-0.4, -0.2) is 28.8 Å². The Morgan fingerprint density at radius 3 is 2.50 bits per heavy atom. The van der Waals surface area contributed by atoms with Crippen LogP contribution in [0.5, 0.6) is 0 Å². The van der Waals surface area contributed by atoms with Crippen molar-refractivity contribution in [3.8, 4) is 11.1 Å². The third-order valence-corrected chi connectivity index (χ3v) is 4.52. The van der Waals surface area contributed by atoms with E-state index in [-0.39, 0.29) is 5.97 Å². The van der Waals surface area contributed by atoms with Gasteiger partial charge in [-0.3, -0.25) is 9.59 Å². The molecule has 0 spiro atoms. The first kappa shape index (κ1) is 16.3. The summed E-state index contributed by atoms with van der Waals surface area (Å²) >= 11 is 4.19. The maximum Gasteiger partial charge on any atom is 0.316 e. The summed E-state index contributed by atoms with van der Waals surface area (Å²) in [6.07, 6.45) is 6.25. The number of carbonyl (C=O) groups is 2. The highest BCUT2D eigenvalue weighted by Gasteiger charge is 2.52. The Labute approximate surface area is 144 Å². The fraction of sp³-hybridized carbons (Fsp3) is 0.235. The van der Waals surface area contributed by atoms with E-state index in [1.807, 2.05) is 24.3 Å². The Kier molecular flexibility index (Phi) is 4.19. The van der Waals surface area contributed by atoms with Crippen molar-refractivity contribution >= 4 is 29.5 Å². The molecule has 1 aliphatic carbocycles.